The number of carbonyl (C=O) groups excluding carboxylic acids is 2. The molecule has 142 valence electrons. The van der Waals surface area contributed by atoms with Crippen LogP contribution in [0, 0.1) is 0 Å². The number of carbonyl (C=O) groups is 2. The zero-order valence-electron chi connectivity index (χ0n) is 15.3. The third kappa shape index (κ3) is 3.83. The summed E-state index contributed by atoms with van der Waals surface area (Å²) in [6.07, 6.45) is 1.58. The first kappa shape index (κ1) is 19.0. The van der Waals surface area contributed by atoms with Crippen molar-refractivity contribution >= 4 is 33.4 Å². The van der Waals surface area contributed by atoms with Crippen molar-refractivity contribution in [3.05, 3.63) is 46.5 Å². The standard InChI is InChI=1S/C18H20N4O4S/c1-4-22-14(7-8-19-22)16(23)20-18-21(9-10-25-2)13-6-5-12(17(24)26-3)11-15(13)27-18/h5-8,11H,4,9-10H2,1-3H3. The first-order valence-corrected chi connectivity index (χ1v) is 9.22. The summed E-state index contributed by atoms with van der Waals surface area (Å²) >= 11 is 1.34. The second-order valence-corrected chi connectivity index (χ2v) is 6.66. The predicted octanol–water partition coefficient (Wildman–Crippen LogP) is 2.09. The maximum absolute atomic E-state index is 12.6. The summed E-state index contributed by atoms with van der Waals surface area (Å²) in [7, 11) is 2.96. The molecule has 0 aliphatic heterocycles. The number of esters is 1. The van der Waals surface area contributed by atoms with Gasteiger partial charge in [-0.05, 0) is 31.2 Å². The lowest BCUT2D eigenvalue weighted by Gasteiger charge is -2.05. The van der Waals surface area contributed by atoms with Crippen molar-refractivity contribution in [3.8, 4) is 0 Å². The zero-order chi connectivity index (χ0) is 19.4. The van der Waals surface area contributed by atoms with Crippen LogP contribution < -0.4 is 4.80 Å². The lowest BCUT2D eigenvalue weighted by molar-refractivity contribution is 0.0600. The number of aromatic nitrogens is 3. The molecule has 1 amide bonds. The number of rotatable bonds is 6. The number of aryl methyl sites for hydroxylation is 1. The summed E-state index contributed by atoms with van der Waals surface area (Å²) < 4.78 is 14.3. The Balaban J connectivity index is 2.12. The third-order valence-electron chi connectivity index (χ3n) is 4.06. The number of hydrogen-bond donors (Lipinski definition) is 0. The van der Waals surface area contributed by atoms with E-state index in [0.29, 0.717) is 35.8 Å². The topological polar surface area (TPSA) is 87.7 Å². The summed E-state index contributed by atoms with van der Waals surface area (Å²) in [6.45, 7) is 3.50. The van der Waals surface area contributed by atoms with Crippen LogP contribution in [-0.4, -0.2) is 47.1 Å². The van der Waals surface area contributed by atoms with E-state index < -0.39 is 5.97 Å². The quantitative estimate of drug-likeness (QED) is 0.604. The number of methoxy groups -OCH3 is 2. The molecular formula is C18H20N4O4S. The highest BCUT2D eigenvalue weighted by Gasteiger charge is 2.14. The number of fused-ring (bicyclic) bond motifs is 1. The molecule has 0 radical (unpaired) electrons. The van der Waals surface area contributed by atoms with Gasteiger partial charge in [-0.1, -0.05) is 11.3 Å². The van der Waals surface area contributed by atoms with Crippen LogP contribution in [0.4, 0.5) is 0 Å². The molecular weight excluding hydrogens is 368 g/mol. The Morgan fingerprint density at radius 2 is 2.07 bits per heavy atom. The van der Waals surface area contributed by atoms with E-state index in [0.717, 1.165) is 10.2 Å². The highest BCUT2D eigenvalue weighted by atomic mass is 32.1. The van der Waals surface area contributed by atoms with Gasteiger partial charge in [-0.25, -0.2) is 4.79 Å². The van der Waals surface area contributed by atoms with E-state index in [4.69, 9.17) is 9.47 Å². The van der Waals surface area contributed by atoms with Crippen LogP contribution in [0.15, 0.2) is 35.5 Å². The van der Waals surface area contributed by atoms with Gasteiger partial charge in [0.2, 0.25) is 0 Å². The van der Waals surface area contributed by atoms with Crippen molar-refractivity contribution in [1.82, 2.24) is 14.3 Å². The molecule has 8 nitrogen and oxygen atoms in total. The van der Waals surface area contributed by atoms with E-state index in [2.05, 4.69) is 10.1 Å². The van der Waals surface area contributed by atoms with Gasteiger partial charge < -0.3 is 14.0 Å². The summed E-state index contributed by atoms with van der Waals surface area (Å²) in [5.41, 5.74) is 1.76. The maximum Gasteiger partial charge on any atom is 0.337 e. The number of nitrogens with zero attached hydrogens (tertiary/aromatic N) is 4. The first-order chi connectivity index (χ1) is 13.1. The molecule has 0 saturated heterocycles. The Kier molecular flexibility index (Phi) is 5.82. The number of thiazole rings is 1. The second-order valence-electron chi connectivity index (χ2n) is 5.65. The number of ether oxygens (including phenoxy) is 2. The van der Waals surface area contributed by atoms with Gasteiger partial charge in [0.1, 0.15) is 5.69 Å². The largest absolute Gasteiger partial charge is 0.465 e. The fourth-order valence-electron chi connectivity index (χ4n) is 2.71. The summed E-state index contributed by atoms with van der Waals surface area (Å²) in [4.78, 5) is 29.3. The van der Waals surface area contributed by atoms with Crippen molar-refractivity contribution in [1.29, 1.82) is 0 Å². The average Bonchev–Trinajstić information content (AvgIpc) is 3.29. The highest BCUT2D eigenvalue weighted by Crippen LogP contribution is 2.20. The first-order valence-electron chi connectivity index (χ1n) is 8.40. The monoisotopic (exact) mass is 388 g/mol. The Morgan fingerprint density at radius 3 is 2.78 bits per heavy atom. The molecule has 1 aromatic carbocycles. The molecule has 0 saturated carbocycles. The average molecular weight is 388 g/mol. The molecule has 3 rings (SSSR count). The third-order valence-corrected chi connectivity index (χ3v) is 5.10. The van der Waals surface area contributed by atoms with Crippen LogP contribution in [-0.2, 0) is 22.6 Å². The Bertz CT molecular complexity index is 1050. The van der Waals surface area contributed by atoms with E-state index in [-0.39, 0.29) is 5.91 Å². The van der Waals surface area contributed by atoms with Gasteiger partial charge in [0, 0.05) is 26.4 Å². The van der Waals surface area contributed by atoms with Gasteiger partial charge in [-0.15, -0.1) is 0 Å². The highest BCUT2D eigenvalue weighted by molar-refractivity contribution is 7.16. The van der Waals surface area contributed by atoms with E-state index in [1.54, 1.807) is 36.2 Å². The van der Waals surface area contributed by atoms with E-state index in [9.17, 15) is 9.59 Å². The minimum Gasteiger partial charge on any atom is -0.465 e. The number of amides is 1. The van der Waals surface area contributed by atoms with Gasteiger partial charge in [0.15, 0.2) is 4.80 Å². The van der Waals surface area contributed by atoms with Crippen molar-refractivity contribution in [2.45, 2.75) is 20.0 Å². The molecule has 9 heteroatoms. The molecule has 0 fully saturated rings. The smallest absolute Gasteiger partial charge is 0.337 e. The van der Waals surface area contributed by atoms with Crippen molar-refractivity contribution in [3.63, 3.8) is 0 Å². The lowest BCUT2D eigenvalue weighted by Crippen LogP contribution is -2.20. The van der Waals surface area contributed by atoms with Crippen LogP contribution in [0.25, 0.3) is 10.2 Å². The fraction of sp³-hybridized carbons (Fsp3) is 0.333. The van der Waals surface area contributed by atoms with Gasteiger partial charge in [0.05, 0.1) is 29.5 Å². The van der Waals surface area contributed by atoms with E-state index in [1.165, 1.54) is 18.4 Å². The molecule has 0 spiro atoms. The van der Waals surface area contributed by atoms with Gasteiger partial charge in [-0.3, -0.25) is 9.48 Å². The minimum absolute atomic E-state index is 0.361. The van der Waals surface area contributed by atoms with Crippen LogP contribution in [0.2, 0.25) is 0 Å². The molecule has 2 aromatic heterocycles. The predicted molar refractivity (Wildman–Crippen MR) is 101 cm³/mol. The molecule has 0 N–H and O–H groups in total. The Morgan fingerprint density at radius 1 is 1.26 bits per heavy atom. The fourth-order valence-corrected chi connectivity index (χ4v) is 3.81. The van der Waals surface area contributed by atoms with E-state index in [1.807, 2.05) is 17.6 Å². The van der Waals surface area contributed by atoms with Crippen LogP contribution in [0.1, 0.15) is 27.8 Å². The number of benzene rings is 1. The van der Waals surface area contributed by atoms with Gasteiger partial charge >= 0.3 is 5.97 Å². The Labute approximate surface area is 159 Å². The number of hydrogen-bond acceptors (Lipinski definition) is 6. The van der Waals surface area contributed by atoms with Crippen LogP contribution in [0.5, 0.6) is 0 Å². The van der Waals surface area contributed by atoms with Gasteiger partial charge in [-0.2, -0.15) is 10.1 Å². The minimum atomic E-state index is -0.407. The molecule has 3 aromatic rings. The molecule has 2 heterocycles. The lowest BCUT2D eigenvalue weighted by atomic mass is 10.2. The Hall–Kier alpha value is -2.78. The van der Waals surface area contributed by atoms with Crippen LogP contribution >= 0.6 is 11.3 Å². The van der Waals surface area contributed by atoms with Gasteiger partial charge in [0.25, 0.3) is 5.91 Å². The van der Waals surface area contributed by atoms with Crippen molar-refractivity contribution in [2.75, 3.05) is 20.8 Å². The molecule has 0 atom stereocenters. The molecule has 0 aliphatic rings. The van der Waals surface area contributed by atoms with Crippen LogP contribution in [0.3, 0.4) is 0 Å². The summed E-state index contributed by atoms with van der Waals surface area (Å²) in [6, 6.07) is 6.92. The van der Waals surface area contributed by atoms with E-state index >= 15 is 0 Å². The second kappa shape index (κ2) is 8.28. The zero-order valence-corrected chi connectivity index (χ0v) is 16.2. The van der Waals surface area contributed by atoms with Crippen molar-refractivity contribution < 1.29 is 19.1 Å². The maximum atomic E-state index is 12.6. The SMILES string of the molecule is CCn1nccc1C(=O)N=c1sc2cc(C(=O)OC)ccc2n1CCOC. The molecule has 0 unspecified atom stereocenters. The summed E-state index contributed by atoms with van der Waals surface area (Å²) in [5.74, 6) is -0.768. The normalized spacial score (nSPS) is 11.9. The summed E-state index contributed by atoms with van der Waals surface area (Å²) in [5, 5.41) is 4.11. The molecule has 0 aliphatic carbocycles. The molecule has 27 heavy (non-hydrogen) atoms. The van der Waals surface area contributed by atoms with Crippen molar-refractivity contribution in [2.24, 2.45) is 4.99 Å². The molecule has 0 bridgehead atoms.